The molecule has 2 amide bonds. The molecule has 4 rings (SSSR count). The van der Waals surface area contributed by atoms with Gasteiger partial charge in [-0.1, -0.05) is 60.7 Å². The van der Waals surface area contributed by atoms with E-state index in [1.165, 1.54) is 24.6 Å². The maximum Gasteiger partial charge on any atom is 0.263 e. The molecule has 194 valence electrons. The first-order chi connectivity index (χ1) is 17.6. The van der Waals surface area contributed by atoms with Crippen molar-refractivity contribution in [1.82, 2.24) is 5.32 Å². The van der Waals surface area contributed by atoms with Gasteiger partial charge in [-0.2, -0.15) is 0 Å². The van der Waals surface area contributed by atoms with Crippen LogP contribution in [0.3, 0.4) is 0 Å². The van der Waals surface area contributed by atoms with E-state index in [2.05, 4.69) is 15.4 Å². The van der Waals surface area contributed by atoms with Gasteiger partial charge >= 0.3 is 0 Å². The van der Waals surface area contributed by atoms with E-state index >= 15 is 0 Å². The Morgan fingerprint density at radius 1 is 0.865 bits per heavy atom. The molecule has 3 aromatic carbocycles. The molecule has 7 nitrogen and oxygen atoms in total. The first kappa shape index (κ1) is 26.7. The Balaban J connectivity index is 1.55. The molecule has 3 aromatic rings. The second kappa shape index (κ2) is 11.4. The number of amides is 2. The summed E-state index contributed by atoms with van der Waals surface area (Å²) in [4.78, 5) is 25.8. The highest BCUT2D eigenvalue weighted by molar-refractivity contribution is 7.92. The zero-order valence-electron chi connectivity index (χ0n) is 20.8. The zero-order chi connectivity index (χ0) is 26.6. The van der Waals surface area contributed by atoms with Gasteiger partial charge in [0.05, 0.1) is 22.0 Å². The Morgan fingerprint density at radius 3 is 2.32 bits per heavy atom. The van der Waals surface area contributed by atoms with E-state index in [1.54, 1.807) is 43.3 Å². The third-order valence-corrected chi connectivity index (χ3v) is 8.32. The van der Waals surface area contributed by atoms with Gasteiger partial charge in [-0.15, -0.1) is 0 Å². The third kappa shape index (κ3) is 6.50. The molecule has 1 aliphatic rings. The van der Waals surface area contributed by atoms with Gasteiger partial charge in [0.25, 0.3) is 21.8 Å². The summed E-state index contributed by atoms with van der Waals surface area (Å²) >= 11 is 6.23. The number of rotatable bonds is 7. The molecule has 0 saturated heterocycles. The van der Waals surface area contributed by atoms with Crippen LogP contribution >= 0.6 is 11.6 Å². The topological polar surface area (TPSA) is 104 Å². The number of carbonyl (C=O) groups is 2. The number of aryl methyl sites for hydroxylation is 2. The highest BCUT2D eigenvalue weighted by Gasteiger charge is 2.23. The van der Waals surface area contributed by atoms with Crippen LogP contribution in [0, 0.1) is 13.8 Å². The molecule has 0 bridgehead atoms. The second-order valence-corrected chi connectivity index (χ2v) is 11.4. The number of anilines is 2. The van der Waals surface area contributed by atoms with Gasteiger partial charge in [-0.25, -0.2) is 8.42 Å². The van der Waals surface area contributed by atoms with Crippen molar-refractivity contribution in [2.24, 2.45) is 0 Å². The van der Waals surface area contributed by atoms with Crippen molar-refractivity contribution in [3.05, 3.63) is 87.9 Å². The highest BCUT2D eigenvalue weighted by Crippen LogP contribution is 2.27. The summed E-state index contributed by atoms with van der Waals surface area (Å²) in [6.45, 7) is 3.72. The van der Waals surface area contributed by atoms with Crippen molar-refractivity contribution in [2.45, 2.75) is 56.9 Å². The van der Waals surface area contributed by atoms with Crippen LogP contribution in [0.15, 0.2) is 65.6 Å². The van der Waals surface area contributed by atoms with Crippen LogP contribution in [0.1, 0.15) is 63.9 Å². The Morgan fingerprint density at radius 2 is 1.59 bits per heavy atom. The molecule has 0 unspecified atom stereocenters. The number of para-hydroxylation sites is 1. The minimum absolute atomic E-state index is 0.0129. The predicted molar refractivity (Wildman–Crippen MR) is 147 cm³/mol. The van der Waals surface area contributed by atoms with Gasteiger partial charge in [-0.3, -0.25) is 14.3 Å². The number of hydrogen-bond acceptors (Lipinski definition) is 4. The first-order valence-corrected chi connectivity index (χ1v) is 14.1. The molecule has 37 heavy (non-hydrogen) atoms. The quantitative estimate of drug-likeness (QED) is 0.339. The number of benzene rings is 3. The Hall–Kier alpha value is -3.36. The fourth-order valence-electron chi connectivity index (χ4n) is 4.47. The number of nitrogens with one attached hydrogen (secondary N) is 3. The van der Waals surface area contributed by atoms with Crippen molar-refractivity contribution in [2.75, 3.05) is 10.0 Å². The lowest BCUT2D eigenvalue weighted by Crippen LogP contribution is -2.36. The standard InChI is InChI=1S/C28H30ClN3O4S/c1-18-12-15-24(19(2)16-18)32-37(35,36)26-17-20(13-14-23(26)29)27(33)31-25-11-7-6-10-22(25)28(34)30-21-8-4-3-5-9-21/h6-7,10-17,21,32H,3-5,8-9H2,1-2H3,(H,30,34)(H,31,33). The van der Waals surface area contributed by atoms with E-state index in [9.17, 15) is 18.0 Å². The average molecular weight is 540 g/mol. The second-order valence-electron chi connectivity index (χ2n) is 9.38. The van der Waals surface area contributed by atoms with E-state index in [0.29, 0.717) is 16.9 Å². The van der Waals surface area contributed by atoms with E-state index in [4.69, 9.17) is 11.6 Å². The van der Waals surface area contributed by atoms with Crippen LogP contribution in [-0.2, 0) is 10.0 Å². The SMILES string of the molecule is Cc1ccc(NS(=O)(=O)c2cc(C(=O)Nc3ccccc3C(=O)NC3CCCCC3)ccc2Cl)c(C)c1. The molecular weight excluding hydrogens is 510 g/mol. The van der Waals surface area contributed by atoms with Crippen molar-refractivity contribution in [1.29, 1.82) is 0 Å². The minimum Gasteiger partial charge on any atom is -0.349 e. The van der Waals surface area contributed by atoms with Gasteiger partial charge < -0.3 is 10.6 Å². The van der Waals surface area contributed by atoms with Crippen molar-refractivity contribution in [3.63, 3.8) is 0 Å². The van der Waals surface area contributed by atoms with Crippen LogP contribution < -0.4 is 15.4 Å². The number of carbonyl (C=O) groups excluding carboxylic acids is 2. The number of halogens is 1. The monoisotopic (exact) mass is 539 g/mol. The summed E-state index contributed by atoms with van der Waals surface area (Å²) in [5.41, 5.74) is 2.97. The lowest BCUT2D eigenvalue weighted by atomic mass is 9.95. The molecule has 1 fully saturated rings. The molecule has 3 N–H and O–H groups in total. The summed E-state index contributed by atoms with van der Waals surface area (Å²) in [5.74, 6) is -0.808. The molecule has 0 aliphatic heterocycles. The van der Waals surface area contributed by atoms with Gasteiger partial charge in [0, 0.05) is 11.6 Å². The molecule has 9 heteroatoms. The van der Waals surface area contributed by atoms with Gasteiger partial charge in [0.1, 0.15) is 4.90 Å². The predicted octanol–water partition coefficient (Wildman–Crippen LogP) is 6.07. The summed E-state index contributed by atoms with van der Waals surface area (Å²) in [6.07, 6.45) is 5.24. The zero-order valence-corrected chi connectivity index (χ0v) is 22.4. The molecule has 0 radical (unpaired) electrons. The third-order valence-electron chi connectivity index (χ3n) is 6.47. The largest absolute Gasteiger partial charge is 0.349 e. The Kier molecular flexibility index (Phi) is 8.19. The summed E-state index contributed by atoms with van der Waals surface area (Å²) in [7, 11) is -4.07. The van der Waals surface area contributed by atoms with E-state index in [0.717, 1.165) is 36.8 Å². The van der Waals surface area contributed by atoms with Crippen molar-refractivity contribution >= 4 is 44.8 Å². The van der Waals surface area contributed by atoms with Crippen LogP contribution in [0.25, 0.3) is 0 Å². The minimum atomic E-state index is -4.07. The molecule has 0 aromatic heterocycles. The lowest BCUT2D eigenvalue weighted by Gasteiger charge is -2.23. The Labute approximate surface area is 222 Å². The van der Waals surface area contributed by atoms with Gasteiger partial charge in [-0.05, 0) is 68.7 Å². The lowest BCUT2D eigenvalue weighted by molar-refractivity contribution is 0.0928. The Bertz CT molecular complexity index is 1430. The fraction of sp³-hybridized carbons (Fsp3) is 0.286. The van der Waals surface area contributed by atoms with Crippen LogP contribution in [0.5, 0.6) is 0 Å². The molecule has 1 aliphatic carbocycles. The first-order valence-electron chi connectivity index (χ1n) is 12.2. The smallest absolute Gasteiger partial charge is 0.263 e. The number of sulfonamides is 1. The maximum absolute atomic E-state index is 13.1. The van der Waals surface area contributed by atoms with E-state index in [-0.39, 0.29) is 27.4 Å². The van der Waals surface area contributed by atoms with Crippen LogP contribution in [0.2, 0.25) is 5.02 Å². The van der Waals surface area contributed by atoms with Crippen LogP contribution in [0.4, 0.5) is 11.4 Å². The molecular formula is C28H30ClN3O4S. The van der Waals surface area contributed by atoms with E-state index < -0.39 is 15.9 Å². The molecule has 0 heterocycles. The van der Waals surface area contributed by atoms with Gasteiger partial charge in [0.2, 0.25) is 0 Å². The molecule has 1 saturated carbocycles. The summed E-state index contributed by atoms with van der Waals surface area (Å²) in [6, 6.07) is 16.3. The number of hydrogen-bond donors (Lipinski definition) is 3. The highest BCUT2D eigenvalue weighted by atomic mass is 35.5. The normalized spacial score (nSPS) is 14.1. The maximum atomic E-state index is 13.1. The molecule has 0 spiro atoms. The van der Waals surface area contributed by atoms with Crippen molar-refractivity contribution < 1.29 is 18.0 Å². The molecule has 0 atom stereocenters. The van der Waals surface area contributed by atoms with E-state index in [1.807, 2.05) is 13.0 Å². The summed E-state index contributed by atoms with van der Waals surface area (Å²) in [5, 5.41) is 5.80. The van der Waals surface area contributed by atoms with Gasteiger partial charge in [0.15, 0.2) is 0 Å². The average Bonchev–Trinajstić information content (AvgIpc) is 2.86. The van der Waals surface area contributed by atoms with Crippen LogP contribution in [-0.4, -0.2) is 26.3 Å². The van der Waals surface area contributed by atoms with Crippen molar-refractivity contribution in [3.8, 4) is 0 Å². The summed E-state index contributed by atoms with van der Waals surface area (Å²) < 4.78 is 28.8. The fourth-order valence-corrected chi connectivity index (χ4v) is 6.13.